The van der Waals surface area contributed by atoms with E-state index in [0.717, 1.165) is 5.56 Å². The maximum atomic E-state index is 12.1. The van der Waals surface area contributed by atoms with Gasteiger partial charge in [0.1, 0.15) is 6.61 Å². The third-order valence-electron chi connectivity index (χ3n) is 2.88. The number of ether oxygens (including phenoxy) is 1. The molecular weight excluding hydrogens is 276 g/mol. The Morgan fingerprint density at radius 3 is 2.60 bits per heavy atom. The lowest BCUT2D eigenvalue weighted by Crippen LogP contribution is -2.23. The van der Waals surface area contributed by atoms with Crippen LogP contribution in [0.5, 0.6) is 0 Å². The average molecular weight is 291 g/mol. The Hall–Kier alpha value is -1.91. The molecular formula is C15H15ClN2O2. The van der Waals surface area contributed by atoms with Gasteiger partial charge >= 0.3 is 5.97 Å². The minimum absolute atomic E-state index is 0.143. The van der Waals surface area contributed by atoms with Crippen molar-refractivity contribution < 1.29 is 9.53 Å². The van der Waals surface area contributed by atoms with Crippen LogP contribution < -0.4 is 5.73 Å². The van der Waals surface area contributed by atoms with Gasteiger partial charge in [0, 0.05) is 17.8 Å². The third kappa shape index (κ3) is 3.79. The number of nitrogens with two attached hydrogens (primary N) is 1. The van der Waals surface area contributed by atoms with Gasteiger partial charge in [0.25, 0.3) is 0 Å². The van der Waals surface area contributed by atoms with E-state index >= 15 is 0 Å². The first-order valence-corrected chi connectivity index (χ1v) is 6.60. The minimum atomic E-state index is -0.490. The zero-order valence-corrected chi connectivity index (χ0v) is 11.6. The zero-order chi connectivity index (χ0) is 14.4. The van der Waals surface area contributed by atoms with E-state index < -0.39 is 5.92 Å². The lowest BCUT2D eigenvalue weighted by atomic mass is 10.00. The van der Waals surface area contributed by atoms with Crippen LogP contribution in [0.2, 0.25) is 5.02 Å². The second-order valence-electron chi connectivity index (χ2n) is 4.27. The van der Waals surface area contributed by atoms with Gasteiger partial charge in [-0.05, 0) is 29.8 Å². The highest BCUT2D eigenvalue weighted by Crippen LogP contribution is 2.19. The van der Waals surface area contributed by atoms with E-state index in [1.807, 2.05) is 12.1 Å². The number of carbonyl (C=O) groups is 1. The van der Waals surface area contributed by atoms with Crippen molar-refractivity contribution in [2.75, 3.05) is 6.54 Å². The highest BCUT2D eigenvalue weighted by molar-refractivity contribution is 6.30. The molecule has 0 saturated carbocycles. The minimum Gasteiger partial charge on any atom is -0.459 e. The Labute approximate surface area is 122 Å². The fourth-order valence-corrected chi connectivity index (χ4v) is 1.92. The molecule has 5 heteroatoms. The Balaban J connectivity index is 2.00. The topological polar surface area (TPSA) is 65.2 Å². The summed E-state index contributed by atoms with van der Waals surface area (Å²) in [5, 5.41) is 0.617. The number of benzene rings is 1. The summed E-state index contributed by atoms with van der Waals surface area (Å²) in [5.74, 6) is -0.851. The van der Waals surface area contributed by atoms with Crippen molar-refractivity contribution in [2.24, 2.45) is 5.73 Å². The lowest BCUT2D eigenvalue weighted by molar-refractivity contribution is -0.146. The van der Waals surface area contributed by atoms with E-state index in [1.54, 1.807) is 36.5 Å². The number of pyridine rings is 1. The van der Waals surface area contributed by atoms with Gasteiger partial charge in [-0.25, -0.2) is 0 Å². The Bertz CT molecular complexity index is 558. The summed E-state index contributed by atoms with van der Waals surface area (Å²) in [6.07, 6.45) is 1.66. The molecule has 1 atom stereocenters. The molecule has 0 bridgehead atoms. The Morgan fingerprint density at radius 2 is 2.00 bits per heavy atom. The summed E-state index contributed by atoms with van der Waals surface area (Å²) in [4.78, 5) is 16.2. The molecule has 2 N–H and O–H groups in total. The van der Waals surface area contributed by atoms with Crippen LogP contribution in [0.4, 0.5) is 0 Å². The first kappa shape index (κ1) is 14.5. The van der Waals surface area contributed by atoms with E-state index in [1.165, 1.54) is 0 Å². The summed E-state index contributed by atoms with van der Waals surface area (Å²) in [6, 6.07) is 12.5. The molecule has 0 spiro atoms. The van der Waals surface area contributed by atoms with E-state index in [9.17, 15) is 4.79 Å². The molecule has 104 valence electrons. The molecule has 0 aliphatic carbocycles. The monoisotopic (exact) mass is 290 g/mol. The van der Waals surface area contributed by atoms with Crippen molar-refractivity contribution in [3.05, 3.63) is 64.9 Å². The van der Waals surface area contributed by atoms with Crippen LogP contribution in [0.1, 0.15) is 17.2 Å². The van der Waals surface area contributed by atoms with Gasteiger partial charge in [0.15, 0.2) is 0 Å². The zero-order valence-electron chi connectivity index (χ0n) is 10.8. The Kier molecular flexibility index (Phi) is 5.09. The SMILES string of the molecule is NCC(C(=O)OCc1ccccn1)c1ccc(Cl)cc1. The van der Waals surface area contributed by atoms with Gasteiger partial charge in [-0.2, -0.15) is 0 Å². The van der Waals surface area contributed by atoms with E-state index in [-0.39, 0.29) is 19.1 Å². The number of carbonyl (C=O) groups excluding carboxylic acids is 1. The summed E-state index contributed by atoms with van der Waals surface area (Å²) in [6.45, 7) is 0.326. The van der Waals surface area contributed by atoms with Crippen LogP contribution in [0.3, 0.4) is 0 Å². The second kappa shape index (κ2) is 7.03. The highest BCUT2D eigenvalue weighted by atomic mass is 35.5. The van der Waals surface area contributed by atoms with Crippen LogP contribution in [0, 0.1) is 0 Å². The molecule has 20 heavy (non-hydrogen) atoms. The number of esters is 1. The number of nitrogens with zero attached hydrogens (tertiary/aromatic N) is 1. The summed E-state index contributed by atoms with van der Waals surface area (Å²) in [7, 11) is 0. The molecule has 0 aliphatic heterocycles. The Morgan fingerprint density at radius 1 is 1.25 bits per heavy atom. The van der Waals surface area contributed by atoms with Gasteiger partial charge in [-0.15, -0.1) is 0 Å². The van der Waals surface area contributed by atoms with Crippen LogP contribution in [0.15, 0.2) is 48.7 Å². The number of hydrogen-bond acceptors (Lipinski definition) is 4. The van der Waals surface area contributed by atoms with E-state index in [0.29, 0.717) is 10.7 Å². The van der Waals surface area contributed by atoms with Crippen molar-refractivity contribution >= 4 is 17.6 Å². The first-order valence-electron chi connectivity index (χ1n) is 6.23. The molecule has 2 aromatic rings. The molecule has 1 aromatic carbocycles. The lowest BCUT2D eigenvalue weighted by Gasteiger charge is -2.14. The van der Waals surface area contributed by atoms with Gasteiger partial charge in [0.05, 0.1) is 11.6 Å². The maximum absolute atomic E-state index is 12.1. The van der Waals surface area contributed by atoms with Crippen LogP contribution in [-0.4, -0.2) is 17.5 Å². The molecule has 0 aliphatic rings. The fraction of sp³-hybridized carbons (Fsp3) is 0.200. The number of hydrogen-bond donors (Lipinski definition) is 1. The van der Waals surface area contributed by atoms with Gasteiger partial charge < -0.3 is 10.5 Å². The summed E-state index contributed by atoms with van der Waals surface area (Å²) < 4.78 is 5.25. The molecule has 1 heterocycles. The second-order valence-corrected chi connectivity index (χ2v) is 4.71. The van der Waals surface area contributed by atoms with Crippen LogP contribution >= 0.6 is 11.6 Å². The molecule has 4 nitrogen and oxygen atoms in total. The van der Waals surface area contributed by atoms with E-state index in [2.05, 4.69) is 4.98 Å². The molecule has 0 fully saturated rings. The summed E-state index contributed by atoms with van der Waals surface area (Å²) in [5.41, 5.74) is 7.16. The van der Waals surface area contributed by atoms with Crippen molar-refractivity contribution in [3.63, 3.8) is 0 Å². The third-order valence-corrected chi connectivity index (χ3v) is 3.13. The number of aromatic nitrogens is 1. The van der Waals surface area contributed by atoms with Crippen molar-refractivity contribution in [2.45, 2.75) is 12.5 Å². The van der Waals surface area contributed by atoms with E-state index in [4.69, 9.17) is 22.1 Å². The molecule has 0 amide bonds. The number of rotatable bonds is 5. The van der Waals surface area contributed by atoms with Crippen LogP contribution in [0.25, 0.3) is 0 Å². The molecule has 0 saturated heterocycles. The quantitative estimate of drug-likeness (QED) is 0.859. The van der Waals surface area contributed by atoms with Gasteiger partial charge in [0.2, 0.25) is 0 Å². The maximum Gasteiger partial charge on any atom is 0.315 e. The van der Waals surface area contributed by atoms with Gasteiger partial charge in [-0.1, -0.05) is 29.8 Å². The summed E-state index contributed by atoms with van der Waals surface area (Å²) >= 11 is 5.82. The molecule has 2 rings (SSSR count). The smallest absolute Gasteiger partial charge is 0.315 e. The predicted octanol–water partition coefficient (Wildman–Crippen LogP) is 2.52. The molecule has 0 radical (unpaired) electrons. The van der Waals surface area contributed by atoms with Crippen LogP contribution in [-0.2, 0) is 16.1 Å². The predicted molar refractivity (Wildman–Crippen MR) is 77.3 cm³/mol. The fourth-order valence-electron chi connectivity index (χ4n) is 1.79. The van der Waals surface area contributed by atoms with Crippen molar-refractivity contribution in [3.8, 4) is 0 Å². The van der Waals surface area contributed by atoms with Gasteiger partial charge in [-0.3, -0.25) is 9.78 Å². The highest BCUT2D eigenvalue weighted by Gasteiger charge is 2.20. The number of halogens is 1. The molecule has 1 aromatic heterocycles. The van der Waals surface area contributed by atoms with Crippen molar-refractivity contribution in [1.82, 2.24) is 4.98 Å². The average Bonchev–Trinajstić information content (AvgIpc) is 2.49. The largest absolute Gasteiger partial charge is 0.459 e. The van der Waals surface area contributed by atoms with Crippen molar-refractivity contribution in [1.29, 1.82) is 0 Å². The normalized spacial score (nSPS) is 11.9. The first-order chi connectivity index (χ1) is 9.70. The molecule has 1 unspecified atom stereocenters. The standard InChI is InChI=1S/C15H15ClN2O2/c16-12-6-4-11(5-7-12)14(9-17)15(19)20-10-13-3-1-2-8-18-13/h1-8,14H,9-10,17H2.